The van der Waals surface area contributed by atoms with Crippen LogP contribution in [-0.2, 0) is 9.59 Å². The molecule has 1 fully saturated rings. The molecule has 0 aromatic rings. The van der Waals surface area contributed by atoms with E-state index >= 15 is 0 Å². The van der Waals surface area contributed by atoms with Crippen molar-refractivity contribution in [3.63, 3.8) is 0 Å². The van der Waals surface area contributed by atoms with E-state index in [0.29, 0.717) is 0 Å². The number of hydrogen-bond acceptors (Lipinski definition) is 3. The van der Waals surface area contributed by atoms with Gasteiger partial charge in [-0.1, -0.05) is 25.7 Å². The molecule has 1 amide bonds. The summed E-state index contributed by atoms with van der Waals surface area (Å²) in [6.07, 6.45) is 8.47. The Hall–Kier alpha value is -1.32. The third-order valence-electron chi connectivity index (χ3n) is 2.57. The lowest BCUT2D eigenvalue weighted by atomic mass is 10.1. The molecule has 1 aliphatic carbocycles. The van der Waals surface area contributed by atoms with Crippen LogP contribution in [0.25, 0.3) is 0 Å². The Labute approximate surface area is 89.4 Å². The van der Waals surface area contributed by atoms with Crippen LogP contribution < -0.4 is 10.4 Å². The molecular weight excluding hydrogens is 194 g/mol. The zero-order valence-corrected chi connectivity index (χ0v) is 8.70. The first-order valence-corrected chi connectivity index (χ1v) is 5.38. The minimum Gasteiger partial charge on any atom is -0.545 e. The Morgan fingerprint density at radius 3 is 2.20 bits per heavy atom. The predicted molar refractivity (Wildman–Crippen MR) is 53.8 cm³/mol. The molecule has 0 radical (unpaired) electrons. The van der Waals surface area contributed by atoms with Gasteiger partial charge >= 0.3 is 0 Å². The van der Waals surface area contributed by atoms with Gasteiger partial charge in [-0.15, -0.1) is 0 Å². The molecule has 0 unspecified atom stereocenters. The summed E-state index contributed by atoms with van der Waals surface area (Å²) in [6.45, 7) is 0. The molecule has 0 aromatic carbocycles. The number of aliphatic carboxylic acids is 1. The van der Waals surface area contributed by atoms with Gasteiger partial charge in [-0.2, -0.15) is 0 Å². The highest BCUT2D eigenvalue weighted by molar-refractivity contribution is 5.93. The molecule has 0 aromatic heterocycles. The summed E-state index contributed by atoms with van der Waals surface area (Å²) in [6, 6.07) is 0.200. The quantitative estimate of drug-likeness (QED) is 0.532. The van der Waals surface area contributed by atoms with E-state index in [9.17, 15) is 14.7 Å². The van der Waals surface area contributed by atoms with Crippen molar-refractivity contribution in [3.8, 4) is 0 Å². The molecule has 0 saturated heterocycles. The Morgan fingerprint density at radius 1 is 1.07 bits per heavy atom. The second-order valence-electron chi connectivity index (χ2n) is 3.85. The van der Waals surface area contributed by atoms with E-state index in [1.165, 1.54) is 12.8 Å². The molecule has 1 saturated carbocycles. The Bertz CT molecular complexity index is 253. The maximum absolute atomic E-state index is 11.2. The average Bonchev–Trinajstić information content (AvgIpc) is 2.43. The number of carbonyl (C=O) groups excluding carboxylic acids is 2. The minimum absolute atomic E-state index is 0.200. The van der Waals surface area contributed by atoms with Crippen molar-refractivity contribution in [2.45, 2.75) is 44.6 Å². The van der Waals surface area contributed by atoms with Gasteiger partial charge in [0, 0.05) is 12.1 Å². The van der Waals surface area contributed by atoms with Gasteiger partial charge < -0.3 is 15.2 Å². The zero-order valence-electron chi connectivity index (χ0n) is 8.70. The van der Waals surface area contributed by atoms with E-state index < -0.39 is 5.97 Å². The molecule has 0 atom stereocenters. The third kappa shape index (κ3) is 5.20. The van der Waals surface area contributed by atoms with Crippen LogP contribution in [0.1, 0.15) is 38.5 Å². The molecule has 84 valence electrons. The molecular formula is C11H16NO3-. The fourth-order valence-corrected chi connectivity index (χ4v) is 1.82. The fraction of sp³-hybridized carbons (Fsp3) is 0.636. The summed E-state index contributed by atoms with van der Waals surface area (Å²) in [5, 5.41) is 12.9. The van der Waals surface area contributed by atoms with E-state index in [0.717, 1.165) is 37.8 Å². The molecule has 0 bridgehead atoms. The van der Waals surface area contributed by atoms with E-state index in [4.69, 9.17) is 0 Å². The maximum Gasteiger partial charge on any atom is 0.244 e. The van der Waals surface area contributed by atoms with E-state index in [1.54, 1.807) is 0 Å². The van der Waals surface area contributed by atoms with Gasteiger partial charge in [0.2, 0.25) is 5.91 Å². The molecule has 0 spiro atoms. The average molecular weight is 210 g/mol. The van der Waals surface area contributed by atoms with Gasteiger partial charge in [-0.3, -0.25) is 4.79 Å². The van der Waals surface area contributed by atoms with Crippen molar-refractivity contribution in [3.05, 3.63) is 12.2 Å². The Kier molecular flexibility index (Phi) is 4.87. The highest BCUT2D eigenvalue weighted by Gasteiger charge is 2.12. The van der Waals surface area contributed by atoms with Crippen molar-refractivity contribution in [1.82, 2.24) is 5.32 Å². The SMILES string of the molecule is O=C([O-])/C=C/C(=O)NC1CCCCCC1. The van der Waals surface area contributed by atoms with Crippen LogP contribution in [0, 0.1) is 0 Å². The largest absolute Gasteiger partial charge is 0.545 e. The van der Waals surface area contributed by atoms with E-state index in [2.05, 4.69) is 5.32 Å². The standard InChI is InChI=1S/C11H17NO3/c13-10(7-8-11(14)15)12-9-5-3-1-2-4-6-9/h7-9H,1-6H2,(H,12,13)(H,14,15)/p-1/b8-7+. The first-order chi connectivity index (χ1) is 7.18. The van der Waals surface area contributed by atoms with Gasteiger partial charge in [-0.25, -0.2) is 0 Å². The summed E-state index contributed by atoms with van der Waals surface area (Å²) in [4.78, 5) is 21.3. The summed E-state index contributed by atoms with van der Waals surface area (Å²) in [7, 11) is 0. The van der Waals surface area contributed by atoms with Crippen LogP contribution >= 0.6 is 0 Å². The number of carboxylic acid groups (broad SMARTS) is 1. The molecule has 15 heavy (non-hydrogen) atoms. The fourth-order valence-electron chi connectivity index (χ4n) is 1.82. The number of rotatable bonds is 3. The van der Waals surface area contributed by atoms with Gasteiger partial charge in [0.25, 0.3) is 0 Å². The lowest BCUT2D eigenvalue weighted by Gasteiger charge is -2.14. The van der Waals surface area contributed by atoms with Gasteiger partial charge in [0.1, 0.15) is 0 Å². The number of amides is 1. The summed E-state index contributed by atoms with van der Waals surface area (Å²) >= 11 is 0. The lowest BCUT2D eigenvalue weighted by molar-refractivity contribution is -0.297. The second kappa shape index (κ2) is 6.22. The van der Waals surface area contributed by atoms with E-state index in [1.807, 2.05) is 0 Å². The van der Waals surface area contributed by atoms with Crippen molar-refractivity contribution < 1.29 is 14.7 Å². The number of nitrogens with one attached hydrogen (secondary N) is 1. The van der Waals surface area contributed by atoms with Gasteiger partial charge in [-0.05, 0) is 18.9 Å². The Balaban J connectivity index is 2.32. The summed E-state index contributed by atoms with van der Waals surface area (Å²) in [5.41, 5.74) is 0. The van der Waals surface area contributed by atoms with Crippen molar-refractivity contribution in [2.75, 3.05) is 0 Å². The zero-order chi connectivity index (χ0) is 11.1. The molecule has 4 heteroatoms. The van der Waals surface area contributed by atoms with Gasteiger partial charge in [0.15, 0.2) is 0 Å². The van der Waals surface area contributed by atoms with Crippen molar-refractivity contribution >= 4 is 11.9 Å². The highest BCUT2D eigenvalue weighted by Crippen LogP contribution is 2.16. The monoisotopic (exact) mass is 210 g/mol. The molecule has 0 aliphatic heterocycles. The molecule has 1 N–H and O–H groups in total. The van der Waals surface area contributed by atoms with Crippen molar-refractivity contribution in [1.29, 1.82) is 0 Å². The number of carbonyl (C=O) groups is 2. The molecule has 4 nitrogen and oxygen atoms in total. The minimum atomic E-state index is -1.34. The van der Waals surface area contributed by atoms with Gasteiger partial charge in [0.05, 0.1) is 5.97 Å². The summed E-state index contributed by atoms with van der Waals surface area (Å²) in [5.74, 6) is -1.68. The van der Waals surface area contributed by atoms with Crippen LogP contribution in [0.4, 0.5) is 0 Å². The lowest BCUT2D eigenvalue weighted by Crippen LogP contribution is -2.33. The van der Waals surface area contributed by atoms with Crippen LogP contribution in [-0.4, -0.2) is 17.9 Å². The normalized spacial score (nSPS) is 18.7. The molecule has 1 rings (SSSR count). The highest BCUT2D eigenvalue weighted by atomic mass is 16.4. The van der Waals surface area contributed by atoms with E-state index in [-0.39, 0.29) is 11.9 Å². The molecule has 0 heterocycles. The van der Waals surface area contributed by atoms with Crippen LogP contribution in [0.5, 0.6) is 0 Å². The van der Waals surface area contributed by atoms with Crippen LogP contribution in [0.15, 0.2) is 12.2 Å². The third-order valence-corrected chi connectivity index (χ3v) is 2.57. The summed E-state index contributed by atoms with van der Waals surface area (Å²) < 4.78 is 0. The smallest absolute Gasteiger partial charge is 0.244 e. The van der Waals surface area contributed by atoms with Crippen molar-refractivity contribution in [2.24, 2.45) is 0 Å². The first kappa shape index (κ1) is 11.8. The predicted octanol–water partition coefficient (Wildman–Crippen LogP) is 0.131. The van der Waals surface area contributed by atoms with Crippen LogP contribution in [0.2, 0.25) is 0 Å². The Morgan fingerprint density at radius 2 is 1.67 bits per heavy atom. The number of carboxylic acids is 1. The first-order valence-electron chi connectivity index (χ1n) is 5.38. The second-order valence-corrected chi connectivity index (χ2v) is 3.85. The topological polar surface area (TPSA) is 69.2 Å². The molecule has 1 aliphatic rings. The maximum atomic E-state index is 11.2. The number of hydrogen-bond donors (Lipinski definition) is 1. The van der Waals surface area contributed by atoms with Crippen LogP contribution in [0.3, 0.4) is 0 Å².